The third-order valence-electron chi connectivity index (χ3n) is 4.96. The highest BCUT2D eigenvalue weighted by molar-refractivity contribution is 5.62. The van der Waals surface area contributed by atoms with Crippen LogP contribution in [0.4, 0.5) is 0 Å². The lowest BCUT2D eigenvalue weighted by molar-refractivity contribution is -0.134. The predicted octanol–water partition coefficient (Wildman–Crippen LogP) is 2.81. The summed E-state index contributed by atoms with van der Waals surface area (Å²) in [6, 6.07) is 6.09. The summed E-state index contributed by atoms with van der Waals surface area (Å²) in [6.45, 7) is 3.37. The van der Waals surface area contributed by atoms with Crippen LogP contribution in [-0.4, -0.2) is 22.2 Å². The van der Waals surface area contributed by atoms with E-state index in [4.69, 9.17) is 15.6 Å². The van der Waals surface area contributed by atoms with Gasteiger partial charge in [-0.2, -0.15) is 0 Å². The molecule has 1 aromatic rings. The molecule has 0 aliphatic heterocycles. The van der Waals surface area contributed by atoms with Crippen molar-refractivity contribution < 1.29 is 15.0 Å². The lowest BCUT2D eigenvalue weighted by Crippen LogP contribution is -2.51. The van der Waals surface area contributed by atoms with Crippen molar-refractivity contribution in [2.24, 2.45) is 11.7 Å². The first kappa shape index (κ1) is 15.8. The second kappa shape index (κ2) is 6.06. The lowest BCUT2D eigenvalue weighted by atomic mass is 9.63. The van der Waals surface area contributed by atoms with E-state index in [0.29, 0.717) is 11.7 Å². The van der Waals surface area contributed by atoms with Crippen molar-refractivity contribution in [3.63, 3.8) is 0 Å². The van der Waals surface area contributed by atoms with Crippen LogP contribution in [0.3, 0.4) is 0 Å². The fraction of sp³-hybridized carbons (Fsp3) is 0.588. The van der Waals surface area contributed by atoms with Crippen molar-refractivity contribution in [3.05, 3.63) is 29.3 Å². The summed E-state index contributed by atoms with van der Waals surface area (Å²) in [7, 11) is 0. The van der Waals surface area contributed by atoms with Gasteiger partial charge in [-0.25, -0.2) is 0 Å². The fourth-order valence-electron chi connectivity index (χ4n) is 3.87. The second-order valence-corrected chi connectivity index (χ2v) is 6.51. The Morgan fingerprint density at radius 1 is 1.38 bits per heavy atom. The number of aromatic hydroxyl groups is 1. The highest BCUT2D eigenvalue weighted by atomic mass is 16.4. The van der Waals surface area contributed by atoms with Gasteiger partial charge in [-0.1, -0.05) is 25.8 Å². The Labute approximate surface area is 126 Å². The number of carboxylic acid groups (broad SMARTS) is 1. The van der Waals surface area contributed by atoms with Gasteiger partial charge in [0.1, 0.15) is 5.75 Å². The summed E-state index contributed by atoms with van der Waals surface area (Å²) in [5.74, 6) is 0.166. The minimum atomic E-state index is -0.833. The van der Waals surface area contributed by atoms with Crippen LogP contribution in [0.15, 0.2) is 18.2 Å². The Hall–Kier alpha value is -1.55. The summed E-state index contributed by atoms with van der Waals surface area (Å²) < 4.78 is 0. The second-order valence-electron chi connectivity index (χ2n) is 6.51. The molecule has 1 aromatic carbocycles. The van der Waals surface area contributed by atoms with Crippen LogP contribution >= 0.6 is 0 Å². The van der Waals surface area contributed by atoms with E-state index < -0.39 is 5.97 Å². The number of benzene rings is 1. The first-order valence-corrected chi connectivity index (χ1v) is 7.62. The first-order valence-electron chi connectivity index (χ1n) is 7.62. The summed E-state index contributed by atoms with van der Waals surface area (Å²) in [4.78, 5) is 9.00. The van der Waals surface area contributed by atoms with Gasteiger partial charge in [-0.15, -0.1) is 0 Å². The van der Waals surface area contributed by atoms with E-state index in [9.17, 15) is 5.11 Å². The molecule has 0 saturated heterocycles. The van der Waals surface area contributed by atoms with Gasteiger partial charge in [0.15, 0.2) is 0 Å². The van der Waals surface area contributed by atoms with Crippen molar-refractivity contribution in [3.8, 4) is 5.75 Å². The average Bonchev–Trinajstić information content (AvgIpc) is 2.49. The van der Waals surface area contributed by atoms with Gasteiger partial charge in [-0.3, -0.25) is 4.79 Å². The fourth-order valence-corrected chi connectivity index (χ4v) is 3.87. The van der Waals surface area contributed by atoms with Crippen molar-refractivity contribution in [2.75, 3.05) is 0 Å². The maximum Gasteiger partial charge on any atom is 0.300 e. The minimum Gasteiger partial charge on any atom is -0.508 e. The van der Waals surface area contributed by atoms with Crippen LogP contribution in [0, 0.1) is 5.92 Å². The Bertz CT molecular complexity index is 525. The highest BCUT2D eigenvalue weighted by Gasteiger charge is 2.44. The third-order valence-corrected chi connectivity index (χ3v) is 4.96. The van der Waals surface area contributed by atoms with Crippen molar-refractivity contribution in [1.82, 2.24) is 0 Å². The van der Waals surface area contributed by atoms with Crippen molar-refractivity contribution >= 4 is 5.97 Å². The molecule has 3 atom stereocenters. The monoisotopic (exact) mass is 291 g/mol. The van der Waals surface area contributed by atoms with Crippen LogP contribution < -0.4 is 5.73 Å². The molecule has 0 heterocycles. The molecule has 21 heavy (non-hydrogen) atoms. The molecule has 0 radical (unpaired) electrons. The van der Waals surface area contributed by atoms with E-state index in [2.05, 4.69) is 13.0 Å². The summed E-state index contributed by atoms with van der Waals surface area (Å²) in [6.07, 6.45) is 6.06. The van der Waals surface area contributed by atoms with E-state index >= 15 is 0 Å². The summed E-state index contributed by atoms with van der Waals surface area (Å²) in [5, 5.41) is 17.1. The molecule has 4 heteroatoms. The van der Waals surface area contributed by atoms with E-state index in [1.54, 1.807) is 0 Å². The maximum absolute atomic E-state index is 9.72. The summed E-state index contributed by atoms with van der Waals surface area (Å²) >= 11 is 0. The number of hydrogen-bond donors (Lipinski definition) is 3. The topological polar surface area (TPSA) is 83.5 Å². The molecule has 0 amide bonds. The smallest absolute Gasteiger partial charge is 0.300 e. The molecule has 116 valence electrons. The number of fused-ring (bicyclic) bond motifs is 4. The van der Waals surface area contributed by atoms with E-state index in [1.165, 1.54) is 30.4 Å². The zero-order chi connectivity index (χ0) is 15.6. The largest absolute Gasteiger partial charge is 0.508 e. The molecular formula is C17H25NO3. The van der Waals surface area contributed by atoms with Crippen molar-refractivity contribution in [2.45, 2.75) is 57.4 Å². The SMILES string of the molecule is CC(=O)O.C[C@@]12CCCCC(Cc3ccc(O)cc31)C2N. The number of hydrogen-bond acceptors (Lipinski definition) is 3. The normalized spacial score (nSPS) is 30.4. The average molecular weight is 291 g/mol. The Kier molecular flexibility index (Phi) is 4.57. The van der Waals surface area contributed by atoms with Gasteiger partial charge < -0.3 is 15.9 Å². The first-order chi connectivity index (χ1) is 9.84. The van der Waals surface area contributed by atoms with Crippen LogP contribution in [0.25, 0.3) is 0 Å². The molecular weight excluding hydrogens is 266 g/mol. The zero-order valence-corrected chi connectivity index (χ0v) is 12.8. The quantitative estimate of drug-likeness (QED) is 0.686. The van der Waals surface area contributed by atoms with Gasteiger partial charge in [0, 0.05) is 18.4 Å². The minimum absolute atomic E-state index is 0.0630. The molecule has 2 aliphatic rings. The van der Waals surface area contributed by atoms with Crippen LogP contribution in [0.2, 0.25) is 0 Å². The molecule has 1 saturated carbocycles. The number of rotatable bonds is 0. The van der Waals surface area contributed by atoms with Gasteiger partial charge >= 0.3 is 0 Å². The maximum atomic E-state index is 9.72. The Morgan fingerprint density at radius 3 is 2.71 bits per heavy atom. The standard InChI is InChI=1S/C15H21NO.C2H4O2/c1-15-7-3-2-4-11(14(15)16)8-10-5-6-12(17)9-13(10)15;1-2(3)4/h5-6,9,11,14,17H,2-4,7-8,16H2,1H3;1H3,(H,3,4)/t11?,14?,15-;/m1./s1. The number of phenolic OH excluding ortho intramolecular Hbond substituents is 1. The highest BCUT2D eigenvalue weighted by Crippen LogP contribution is 2.46. The molecule has 2 aliphatic carbocycles. The number of carbonyl (C=O) groups is 1. The zero-order valence-electron chi connectivity index (χ0n) is 12.8. The molecule has 1 fully saturated rings. The van der Waals surface area contributed by atoms with Crippen LogP contribution in [0.5, 0.6) is 5.75 Å². The van der Waals surface area contributed by atoms with Gasteiger partial charge in [0.25, 0.3) is 5.97 Å². The van der Waals surface area contributed by atoms with Gasteiger partial charge in [0.05, 0.1) is 0 Å². The number of nitrogens with two attached hydrogens (primary N) is 1. The molecule has 2 bridgehead atoms. The molecule has 2 unspecified atom stereocenters. The van der Waals surface area contributed by atoms with Crippen LogP contribution in [-0.2, 0) is 16.6 Å². The molecule has 0 aromatic heterocycles. The van der Waals surface area contributed by atoms with E-state index in [0.717, 1.165) is 19.8 Å². The Balaban J connectivity index is 0.000000361. The van der Waals surface area contributed by atoms with E-state index in [-0.39, 0.29) is 11.5 Å². The molecule has 4 nitrogen and oxygen atoms in total. The van der Waals surface area contributed by atoms with E-state index in [1.807, 2.05) is 12.1 Å². The number of aliphatic carboxylic acids is 1. The van der Waals surface area contributed by atoms with Crippen molar-refractivity contribution in [1.29, 1.82) is 0 Å². The number of carboxylic acids is 1. The molecule has 4 N–H and O–H groups in total. The van der Waals surface area contributed by atoms with Gasteiger partial charge in [0.2, 0.25) is 0 Å². The molecule has 0 spiro atoms. The van der Waals surface area contributed by atoms with Gasteiger partial charge in [-0.05, 0) is 48.4 Å². The lowest BCUT2D eigenvalue weighted by Gasteiger charge is -2.44. The van der Waals surface area contributed by atoms with Crippen LogP contribution in [0.1, 0.15) is 50.7 Å². The summed E-state index contributed by atoms with van der Waals surface area (Å²) in [5.41, 5.74) is 9.26. The number of phenols is 1. The Morgan fingerprint density at radius 2 is 2.05 bits per heavy atom. The molecule has 3 rings (SSSR count). The predicted molar refractivity (Wildman–Crippen MR) is 82.4 cm³/mol. The third kappa shape index (κ3) is 3.21.